The molecule has 0 heterocycles. The van der Waals surface area contributed by atoms with Crippen molar-refractivity contribution < 1.29 is 6.03 Å². The van der Waals surface area contributed by atoms with Crippen molar-refractivity contribution in [3.8, 4) is 0 Å². The molecular weight excluding hydrogens is 780 g/mol. The van der Waals surface area contributed by atoms with Gasteiger partial charge in [0.2, 0.25) is 0 Å². The quantitative estimate of drug-likeness (QED) is 0.116. The van der Waals surface area contributed by atoms with E-state index < -0.39 is 37.6 Å². The van der Waals surface area contributed by atoms with E-state index in [1.54, 1.807) is 0 Å². The molecule has 2 unspecified atom stereocenters. The summed E-state index contributed by atoms with van der Waals surface area (Å²) in [6.07, 6.45) is 11.2. The molecule has 6 rings (SSSR count). The first kappa shape index (κ1) is 32.2. The molecule has 0 fully saturated rings. The van der Waals surface area contributed by atoms with E-state index in [-0.39, 0.29) is 3.86 Å². The fraction of sp³-hybridized carbons (Fsp3) is 0.0952. The van der Waals surface area contributed by atoms with E-state index in [1.165, 1.54) is 0 Å². The van der Waals surface area contributed by atoms with Gasteiger partial charge in [-0.1, -0.05) is 0 Å². The molecule has 2 nitrogen and oxygen atoms in total. The van der Waals surface area contributed by atoms with Crippen LogP contribution >= 0.6 is 0 Å². The molecule has 0 N–H and O–H groups in total. The molecule has 5 aromatic carbocycles. The molecule has 0 radical (unpaired) electrons. The Kier molecular flexibility index (Phi) is 9.79. The molecule has 0 amide bonds. The van der Waals surface area contributed by atoms with Crippen molar-refractivity contribution >= 4 is 70.5 Å². The van der Waals surface area contributed by atoms with Gasteiger partial charge in [-0.25, -0.2) is 0 Å². The second-order valence-electron chi connectivity index (χ2n) is 11.5. The van der Waals surface area contributed by atoms with Crippen molar-refractivity contribution in [1.82, 2.24) is 0 Å². The maximum atomic E-state index is 16.2. The topological polar surface area (TPSA) is 34.1 Å². The third-order valence-electron chi connectivity index (χ3n) is 8.79. The van der Waals surface area contributed by atoms with Crippen LogP contribution in [0.2, 0.25) is 3.86 Å². The predicted molar refractivity (Wildman–Crippen MR) is 198 cm³/mol. The van der Waals surface area contributed by atoms with E-state index in [4.69, 9.17) is 0 Å². The van der Waals surface area contributed by atoms with Crippen molar-refractivity contribution in [3.63, 3.8) is 0 Å². The minimum atomic E-state index is -4.79. The second kappa shape index (κ2) is 14.0. The Morgan fingerprint density at radius 2 is 1.37 bits per heavy atom. The molecule has 228 valence electrons. The van der Waals surface area contributed by atoms with E-state index in [0.717, 1.165) is 46.4 Å². The van der Waals surface area contributed by atoms with Gasteiger partial charge in [0.05, 0.1) is 0 Å². The first-order valence-electron chi connectivity index (χ1n) is 15.7. The standard InChI is InChI=1S/C21H14.2C6H5.C6H9.C3H5.2O.2Sb/c1-4-12-18-16(8-1)9-3-6-14-20(18)21-15-7-11-17-10-2-5-13-19(17)21;2*1-2-4-6-5-3-1;1-3-5-6-4-2;1-3-2;;;;/h1-2,4-13H,3H2;2*1-5H;3-5H,1-2,6H2;1,3H,2H3;;;;. The van der Waals surface area contributed by atoms with Crippen LogP contribution in [0.1, 0.15) is 25.3 Å². The molecule has 46 heavy (non-hydrogen) atoms. The first-order valence-corrected chi connectivity index (χ1v) is 25.8. The second-order valence-corrected chi connectivity index (χ2v) is 27.4. The molecule has 0 bridgehead atoms. The van der Waals surface area contributed by atoms with Gasteiger partial charge in [0, 0.05) is 0 Å². The Hall–Kier alpha value is -3.70. The van der Waals surface area contributed by atoms with Crippen molar-refractivity contribution in [2.45, 2.75) is 23.6 Å². The van der Waals surface area contributed by atoms with Gasteiger partial charge in [0.25, 0.3) is 0 Å². The Balaban J connectivity index is 1.85. The molecule has 2 atom stereocenters. The summed E-state index contributed by atoms with van der Waals surface area (Å²) in [7, 11) is 0. The zero-order valence-electron chi connectivity index (χ0n) is 26.1. The average molecular weight is 818 g/mol. The van der Waals surface area contributed by atoms with E-state index in [2.05, 4.69) is 67.8 Å². The number of fused-ring (bicyclic) bond motifs is 2. The summed E-state index contributed by atoms with van der Waals surface area (Å²) in [6.45, 7) is 10.1. The molecule has 0 saturated carbocycles. The molecule has 4 heteroatoms. The van der Waals surface area contributed by atoms with Crippen LogP contribution in [0.15, 0.2) is 166 Å². The average Bonchev–Trinajstić information content (AvgIpc) is 3.30. The van der Waals surface area contributed by atoms with Crippen molar-refractivity contribution in [2.75, 3.05) is 0 Å². The summed E-state index contributed by atoms with van der Waals surface area (Å²) in [5, 5.41) is 4.15. The van der Waals surface area contributed by atoms with Gasteiger partial charge in [-0.2, -0.15) is 0 Å². The minimum absolute atomic E-state index is 0.250. The Morgan fingerprint density at radius 3 is 2.02 bits per heavy atom. The molecule has 0 aromatic heterocycles. The van der Waals surface area contributed by atoms with Crippen LogP contribution in [-0.4, -0.2) is 37.6 Å². The molecule has 0 saturated heterocycles. The Bertz CT molecular complexity index is 2170. The molecular formula is C42H38O2Sb2. The monoisotopic (exact) mass is 816 g/mol. The predicted octanol–water partition coefficient (Wildman–Crippen LogP) is 6.71. The normalized spacial score (nSPS) is 15.2. The van der Waals surface area contributed by atoms with Gasteiger partial charge in [0.15, 0.2) is 0 Å². The first-order chi connectivity index (χ1) is 22.5. The van der Waals surface area contributed by atoms with Gasteiger partial charge >= 0.3 is 283 Å². The third-order valence-corrected chi connectivity index (χ3v) is 27.1. The summed E-state index contributed by atoms with van der Waals surface area (Å²) in [5.41, 5.74) is 1.84. The van der Waals surface area contributed by atoms with Crippen LogP contribution in [0.3, 0.4) is 0 Å². The molecule has 0 aliphatic heterocycles. The zero-order chi connectivity index (χ0) is 32.1. The summed E-state index contributed by atoms with van der Waals surface area (Å²) in [4.78, 5) is 0. The van der Waals surface area contributed by atoms with Crippen LogP contribution in [0, 0.1) is 0 Å². The number of hydrogen-bond acceptors (Lipinski definition) is 2. The van der Waals surface area contributed by atoms with Crippen LogP contribution in [-0.2, 0) is 6.03 Å². The molecule has 5 aromatic rings. The SMILES string of the molecule is C=CC[CH](C=C)[Sb](=[O])(/[CH]=C/C)[C]1=CCC=c2ccccc2=C1c1[c]([Sb](=[O])([c]2ccccc2)[c]2ccccc2)ccc2ccccc12. The van der Waals surface area contributed by atoms with Crippen LogP contribution < -0.4 is 21.0 Å². The van der Waals surface area contributed by atoms with Crippen molar-refractivity contribution in [1.29, 1.82) is 0 Å². The van der Waals surface area contributed by atoms with Gasteiger partial charge in [0.1, 0.15) is 0 Å². The summed E-state index contributed by atoms with van der Waals surface area (Å²) in [5.74, 6) is 0. The van der Waals surface area contributed by atoms with E-state index in [9.17, 15) is 0 Å². The van der Waals surface area contributed by atoms with Gasteiger partial charge in [-0.05, 0) is 0 Å². The van der Waals surface area contributed by atoms with Crippen molar-refractivity contribution in [2.24, 2.45) is 0 Å². The Labute approximate surface area is 280 Å². The summed E-state index contributed by atoms with van der Waals surface area (Å²) in [6, 6.07) is 40.7. The number of allylic oxidation sites excluding steroid dienone is 5. The molecule has 1 aliphatic carbocycles. The third kappa shape index (κ3) is 5.72. The molecule has 1 aliphatic rings. The van der Waals surface area contributed by atoms with Crippen molar-refractivity contribution in [3.05, 3.63) is 182 Å². The van der Waals surface area contributed by atoms with E-state index in [0.29, 0.717) is 12.8 Å². The van der Waals surface area contributed by atoms with Gasteiger partial charge < -0.3 is 0 Å². The fourth-order valence-electron chi connectivity index (χ4n) is 6.68. The van der Waals surface area contributed by atoms with E-state index in [1.807, 2.05) is 108 Å². The van der Waals surface area contributed by atoms with Gasteiger partial charge in [-0.15, -0.1) is 0 Å². The van der Waals surface area contributed by atoms with Crippen LogP contribution in [0.5, 0.6) is 0 Å². The Morgan fingerprint density at radius 1 is 0.739 bits per heavy atom. The maximum absolute atomic E-state index is 16.2. The van der Waals surface area contributed by atoms with Gasteiger partial charge in [-0.3, -0.25) is 0 Å². The number of benzene rings is 5. The zero-order valence-corrected chi connectivity index (χ0v) is 31.2. The number of hydrogen-bond donors (Lipinski definition) is 0. The fourth-order valence-corrected chi connectivity index (χ4v) is 23.2. The molecule has 0 spiro atoms. The number of rotatable bonds is 10. The van der Waals surface area contributed by atoms with Crippen LogP contribution in [0.4, 0.5) is 0 Å². The summed E-state index contributed by atoms with van der Waals surface area (Å²) < 4.78 is 37.2. The van der Waals surface area contributed by atoms with E-state index >= 15 is 6.03 Å². The summed E-state index contributed by atoms with van der Waals surface area (Å²) >= 11 is -9.34. The van der Waals surface area contributed by atoms with Crippen LogP contribution in [0.25, 0.3) is 22.4 Å².